The Bertz CT molecular complexity index is 488. The van der Waals surface area contributed by atoms with E-state index < -0.39 is 24.0 Å². The predicted molar refractivity (Wildman–Crippen MR) is 69.1 cm³/mol. The molecule has 0 fully saturated rings. The van der Waals surface area contributed by atoms with E-state index in [0.29, 0.717) is 10.2 Å². The van der Waals surface area contributed by atoms with Crippen LogP contribution in [0.15, 0.2) is 22.7 Å². The van der Waals surface area contributed by atoms with Gasteiger partial charge in [0.15, 0.2) is 5.60 Å². The van der Waals surface area contributed by atoms with Crippen molar-refractivity contribution in [1.29, 1.82) is 0 Å². The fourth-order valence-electron chi connectivity index (χ4n) is 1.12. The van der Waals surface area contributed by atoms with Crippen LogP contribution in [0.2, 0.25) is 0 Å². The fraction of sp³-hybridized carbons (Fsp3) is 0.273. The summed E-state index contributed by atoms with van der Waals surface area (Å²) in [6, 6.07) is 4.60. The quantitative estimate of drug-likeness (QED) is 0.607. The second-order valence-electron chi connectivity index (χ2n) is 4.00. The number of amides is 1. The summed E-state index contributed by atoms with van der Waals surface area (Å²) in [5.74, 6) is -1.91. The topological polar surface area (TPSA) is 113 Å². The number of nitrogen functional groups attached to an aromatic ring is 1. The summed E-state index contributed by atoms with van der Waals surface area (Å²) in [7, 11) is 0. The largest absolute Gasteiger partial charge is 0.479 e. The molecule has 0 saturated heterocycles. The maximum atomic E-state index is 11.7. The van der Waals surface area contributed by atoms with Gasteiger partial charge in [-0.25, -0.2) is 4.79 Å². The lowest BCUT2D eigenvalue weighted by molar-refractivity contribution is -0.155. The van der Waals surface area contributed by atoms with Crippen molar-refractivity contribution in [1.82, 2.24) is 5.32 Å². The highest BCUT2D eigenvalue weighted by atomic mass is 79.9. The molecule has 0 aliphatic carbocycles. The van der Waals surface area contributed by atoms with Crippen molar-refractivity contribution in [2.24, 2.45) is 0 Å². The van der Waals surface area contributed by atoms with Gasteiger partial charge in [-0.05, 0) is 41.1 Å². The van der Waals surface area contributed by atoms with Crippen LogP contribution in [0, 0.1) is 0 Å². The molecule has 5 N–H and O–H groups in total. The minimum Gasteiger partial charge on any atom is -0.479 e. The van der Waals surface area contributed by atoms with E-state index in [4.69, 9.17) is 10.8 Å². The van der Waals surface area contributed by atoms with Gasteiger partial charge in [0.05, 0.1) is 6.54 Å². The average molecular weight is 317 g/mol. The zero-order valence-corrected chi connectivity index (χ0v) is 11.2. The molecule has 1 rings (SSSR count). The van der Waals surface area contributed by atoms with Crippen molar-refractivity contribution in [3.05, 3.63) is 28.2 Å². The van der Waals surface area contributed by atoms with Crippen LogP contribution in [0.4, 0.5) is 5.69 Å². The third-order valence-electron chi connectivity index (χ3n) is 2.31. The molecular weight excluding hydrogens is 304 g/mol. The molecule has 0 aromatic heterocycles. The Morgan fingerprint density at radius 3 is 2.61 bits per heavy atom. The predicted octanol–water partition coefficient (Wildman–Crippen LogP) is 0.597. The van der Waals surface area contributed by atoms with E-state index in [9.17, 15) is 14.7 Å². The number of hydrogen-bond acceptors (Lipinski definition) is 4. The van der Waals surface area contributed by atoms with Gasteiger partial charge in [-0.1, -0.05) is 0 Å². The standard InChI is InChI=1S/C11H13BrN2O4/c1-11(18,10(16)17)5-14-9(15)6-2-3-7(12)8(13)4-6/h2-4,18H,5,13H2,1H3,(H,14,15)(H,16,17). The van der Waals surface area contributed by atoms with Crippen molar-refractivity contribution in [3.8, 4) is 0 Å². The van der Waals surface area contributed by atoms with Crippen LogP contribution in [-0.4, -0.2) is 34.2 Å². The Morgan fingerprint density at radius 1 is 1.50 bits per heavy atom. The first-order valence-corrected chi connectivity index (χ1v) is 5.82. The minimum absolute atomic E-state index is 0.289. The lowest BCUT2D eigenvalue weighted by Crippen LogP contribution is -2.46. The van der Waals surface area contributed by atoms with E-state index >= 15 is 0 Å². The van der Waals surface area contributed by atoms with Crippen LogP contribution < -0.4 is 11.1 Å². The van der Waals surface area contributed by atoms with E-state index in [2.05, 4.69) is 21.2 Å². The second-order valence-corrected chi connectivity index (χ2v) is 4.85. The van der Waals surface area contributed by atoms with Crippen molar-refractivity contribution < 1.29 is 19.8 Å². The van der Waals surface area contributed by atoms with Gasteiger partial charge in [0.2, 0.25) is 0 Å². The number of carboxylic acid groups (broad SMARTS) is 1. The van der Waals surface area contributed by atoms with Crippen molar-refractivity contribution >= 4 is 33.5 Å². The number of hydrogen-bond donors (Lipinski definition) is 4. The molecule has 1 amide bonds. The van der Waals surface area contributed by atoms with Crippen LogP contribution in [0.5, 0.6) is 0 Å². The van der Waals surface area contributed by atoms with Crippen LogP contribution in [0.25, 0.3) is 0 Å². The highest BCUT2D eigenvalue weighted by Crippen LogP contribution is 2.20. The normalized spacial score (nSPS) is 13.7. The molecule has 1 atom stereocenters. The first-order valence-electron chi connectivity index (χ1n) is 5.03. The Hall–Kier alpha value is -1.60. The van der Waals surface area contributed by atoms with E-state index in [0.717, 1.165) is 6.92 Å². The summed E-state index contributed by atoms with van der Waals surface area (Å²) in [5, 5.41) is 20.4. The third-order valence-corrected chi connectivity index (χ3v) is 3.03. The molecule has 0 bridgehead atoms. The smallest absolute Gasteiger partial charge is 0.337 e. The Balaban J connectivity index is 2.72. The Morgan fingerprint density at radius 2 is 2.11 bits per heavy atom. The molecule has 1 aromatic rings. The number of aliphatic carboxylic acids is 1. The van der Waals surface area contributed by atoms with Crippen molar-refractivity contribution in [3.63, 3.8) is 0 Å². The molecule has 1 unspecified atom stereocenters. The number of carboxylic acids is 1. The van der Waals surface area contributed by atoms with Crippen LogP contribution in [-0.2, 0) is 4.79 Å². The number of nitrogens with one attached hydrogen (secondary N) is 1. The SMILES string of the molecule is CC(O)(CNC(=O)c1ccc(Br)c(N)c1)C(=O)O. The number of aliphatic hydroxyl groups is 1. The van der Waals surface area contributed by atoms with Gasteiger partial charge < -0.3 is 21.3 Å². The molecule has 0 aliphatic rings. The molecule has 0 saturated carbocycles. The first-order chi connectivity index (χ1) is 8.24. The van der Waals surface area contributed by atoms with Gasteiger partial charge in [0.1, 0.15) is 0 Å². The number of anilines is 1. The summed E-state index contributed by atoms with van der Waals surface area (Å²) in [6.07, 6.45) is 0. The molecule has 1 aromatic carbocycles. The van der Waals surface area contributed by atoms with E-state index in [1.165, 1.54) is 12.1 Å². The van der Waals surface area contributed by atoms with E-state index in [1.807, 2.05) is 0 Å². The second kappa shape index (κ2) is 5.36. The zero-order valence-electron chi connectivity index (χ0n) is 9.61. The Labute approximate surface area is 112 Å². The molecule has 0 heterocycles. The van der Waals surface area contributed by atoms with E-state index in [1.54, 1.807) is 6.07 Å². The maximum Gasteiger partial charge on any atom is 0.337 e. The average Bonchev–Trinajstić information content (AvgIpc) is 2.29. The lowest BCUT2D eigenvalue weighted by Gasteiger charge is -2.18. The number of rotatable bonds is 4. The highest BCUT2D eigenvalue weighted by molar-refractivity contribution is 9.10. The van der Waals surface area contributed by atoms with Crippen molar-refractivity contribution in [2.75, 3.05) is 12.3 Å². The van der Waals surface area contributed by atoms with Crippen LogP contribution >= 0.6 is 15.9 Å². The van der Waals surface area contributed by atoms with Crippen LogP contribution in [0.3, 0.4) is 0 Å². The minimum atomic E-state index is -2.00. The molecule has 0 radical (unpaired) electrons. The monoisotopic (exact) mass is 316 g/mol. The van der Waals surface area contributed by atoms with Gasteiger partial charge in [0, 0.05) is 15.7 Å². The van der Waals surface area contributed by atoms with Gasteiger partial charge in [-0.3, -0.25) is 4.79 Å². The van der Waals surface area contributed by atoms with Gasteiger partial charge >= 0.3 is 5.97 Å². The number of carbonyl (C=O) groups is 2. The number of benzene rings is 1. The van der Waals surface area contributed by atoms with Crippen LogP contribution in [0.1, 0.15) is 17.3 Å². The molecule has 18 heavy (non-hydrogen) atoms. The van der Waals surface area contributed by atoms with Gasteiger partial charge in [0.25, 0.3) is 5.91 Å². The summed E-state index contributed by atoms with van der Waals surface area (Å²) in [4.78, 5) is 22.3. The molecule has 0 spiro atoms. The van der Waals surface area contributed by atoms with Gasteiger partial charge in [-0.15, -0.1) is 0 Å². The van der Waals surface area contributed by atoms with Gasteiger partial charge in [-0.2, -0.15) is 0 Å². The molecule has 98 valence electrons. The number of carbonyl (C=O) groups excluding carboxylic acids is 1. The molecular formula is C11H13BrN2O4. The highest BCUT2D eigenvalue weighted by Gasteiger charge is 2.30. The molecule has 6 nitrogen and oxygen atoms in total. The fourth-order valence-corrected chi connectivity index (χ4v) is 1.36. The Kier molecular flexibility index (Phi) is 4.31. The summed E-state index contributed by atoms with van der Waals surface area (Å²) >= 11 is 3.19. The maximum absolute atomic E-state index is 11.7. The number of nitrogens with two attached hydrogens (primary N) is 1. The molecule has 7 heteroatoms. The zero-order chi connectivity index (χ0) is 13.9. The lowest BCUT2D eigenvalue weighted by atomic mass is 10.1. The first kappa shape index (κ1) is 14.5. The number of halogens is 1. The van der Waals surface area contributed by atoms with E-state index in [-0.39, 0.29) is 5.56 Å². The third kappa shape index (κ3) is 3.44. The van der Waals surface area contributed by atoms with Crippen molar-refractivity contribution in [2.45, 2.75) is 12.5 Å². The summed E-state index contributed by atoms with van der Waals surface area (Å²) in [5.41, 5.74) is 4.30. The molecule has 0 aliphatic heterocycles. The summed E-state index contributed by atoms with van der Waals surface area (Å²) < 4.78 is 0.664. The summed E-state index contributed by atoms with van der Waals surface area (Å²) in [6.45, 7) is 0.711.